The van der Waals surface area contributed by atoms with Crippen LogP contribution in [0.5, 0.6) is 0 Å². The summed E-state index contributed by atoms with van der Waals surface area (Å²) in [4.78, 5) is 0. The molecule has 0 amide bonds. The van der Waals surface area contributed by atoms with Gasteiger partial charge in [0.15, 0.2) is 0 Å². The molecule has 1 aliphatic rings. The Morgan fingerprint density at radius 2 is 1.75 bits per heavy atom. The SMILES string of the molecule is IC1C#C1. The van der Waals surface area contributed by atoms with Gasteiger partial charge in [0, 0.05) is 0 Å². The van der Waals surface area contributed by atoms with E-state index in [9.17, 15) is 0 Å². The van der Waals surface area contributed by atoms with Crippen molar-refractivity contribution in [1.29, 1.82) is 0 Å². The highest BCUT2D eigenvalue weighted by Gasteiger charge is 1.98. The molecule has 0 saturated heterocycles. The van der Waals surface area contributed by atoms with Crippen molar-refractivity contribution in [3.8, 4) is 11.8 Å². The lowest BCUT2D eigenvalue weighted by Crippen LogP contribution is -1.55. The Morgan fingerprint density at radius 3 is 1.75 bits per heavy atom. The highest BCUT2D eigenvalue weighted by molar-refractivity contribution is 14.1. The van der Waals surface area contributed by atoms with Crippen LogP contribution in [0.15, 0.2) is 0 Å². The summed E-state index contributed by atoms with van der Waals surface area (Å²) in [7, 11) is 0. The van der Waals surface area contributed by atoms with Gasteiger partial charge in [0.2, 0.25) is 0 Å². The van der Waals surface area contributed by atoms with Crippen molar-refractivity contribution in [1.82, 2.24) is 0 Å². The molecular formula is C3HI. The summed E-state index contributed by atoms with van der Waals surface area (Å²) < 4.78 is 0.553. The van der Waals surface area contributed by atoms with Gasteiger partial charge >= 0.3 is 0 Å². The van der Waals surface area contributed by atoms with Crippen molar-refractivity contribution in [2.45, 2.75) is 3.92 Å². The van der Waals surface area contributed by atoms with E-state index in [2.05, 4.69) is 34.4 Å². The first kappa shape index (κ1) is 2.52. The molecule has 0 aromatic carbocycles. The summed E-state index contributed by atoms with van der Waals surface area (Å²) >= 11 is 2.23. The van der Waals surface area contributed by atoms with Gasteiger partial charge in [-0.25, -0.2) is 0 Å². The van der Waals surface area contributed by atoms with Crippen molar-refractivity contribution in [3.63, 3.8) is 0 Å². The monoisotopic (exact) mass is 164 g/mol. The van der Waals surface area contributed by atoms with Crippen molar-refractivity contribution in [2.24, 2.45) is 0 Å². The first-order chi connectivity index (χ1) is 1.89. The van der Waals surface area contributed by atoms with Crippen LogP contribution in [0.25, 0.3) is 0 Å². The lowest BCUT2D eigenvalue weighted by Gasteiger charge is -1.53. The zero-order chi connectivity index (χ0) is 2.99. The molecule has 0 radical (unpaired) electrons. The Kier molecular flexibility index (Phi) is 0.389. The standard InChI is InChI=1S/C3HI/c4-3-1-2-3/h3H. The maximum Gasteiger partial charge on any atom is 0.132 e. The van der Waals surface area contributed by atoms with Gasteiger partial charge < -0.3 is 0 Å². The van der Waals surface area contributed by atoms with Crippen LogP contribution in [0.1, 0.15) is 0 Å². The second-order valence-electron chi connectivity index (χ2n) is 0.651. The molecule has 0 bridgehead atoms. The predicted molar refractivity (Wildman–Crippen MR) is 25.6 cm³/mol. The van der Waals surface area contributed by atoms with Gasteiger partial charge in [0.1, 0.15) is 3.92 Å². The molecule has 0 atom stereocenters. The summed E-state index contributed by atoms with van der Waals surface area (Å²) in [6, 6.07) is 0. The van der Waals surface area contributed by atoms with E-state index in [-0.39, 0.29) is 0 Å². The minimum absolute atomic E-state index is 0.553. The maximum absolute atomic E-state index is 2.83. The Morgan fingerprint density at radius 1 is 1.50 bits per heavy atom. The zero-order valence-electron chi connectivity index (χ0n) is 1.96. The fourth-order valence-corrected chi connectivity index (χ4v) is 0.211. The Hall–Kier alpha value is 0.290. The topological polar surface area (TPSA) is 0 Å². The number of rotatable bonds is 0. The molecule has 0 saturated carbocycles. The second kappa shape index (κ2) is 0.617. The fraction of sp³-hybridized carbons (Fsp3) is 0.333. The van der Waals surface area contributed by atoms with Crippen molar-refractivity contribution in [3.05, 3.63) is 0 Å². The molecule has 0 aromatic rings. The maximum atomic E-state index is 2.83. The van der Waals surface area contributed by atoms with Crippen LogP contribution in [0.3, 0.4) is 0 Å². The van der Waals surface area contributed by atoms with Crippen LogP contribution < -0.4 is 0 Å². The van der Waals surface area contributed by atoms with Gasteiger partial charge in [-0.15, -0.1) is 0 Å². The minimum atomic E-state index is 0.553. The molecule has 20 valence electrons. The van der Waals surface area contributed by atoms with Gasteiger partial charge in [-0.2, -0.15) is 0 Å². The van der Waals surface area contributed by atoms with E-state index in [0.29, 0.717) is 3.92 Å². The summed E-state index contributed by atoms with van der Waals surface area (Å²) in [5.74, 6) is 5.67. The molecule has 0 unspecified atom stereocenters. The molecule has 0 aromatic heterocycles. The summed E-state index contributed by atoms with van der Waals surface area (Å²) in [6.45, 7) is 0. The van der Waals surface area contributed by atoms with Crippen LogP contribution in [0.4, 0.5) is 0 Å². The van der Waals surface area contributed by atoms with E-state index >= 15 is 0 Å². The first-order valence-corrected chi connectivity index (χ1v) is 2.29. The molecule has 1 rings (SSSR count). The number of alkyl halides is 1. The molecular weight excluding hydrogens is 163 g/mol. The lowest BCUT2D eigenvalue weighted by molar-refractivity contribution is 1.88. The number of hydrogen-bond acceptors (Lipinski definition) is 0. The van der Waals surface area contributed by atoms with Crippen LogP contribution in [0, 0.1) is 11.8 Å². The van der Waals surface area contributed by atoms with Gasteiger partial charge in [-0.05, 0) is 0 Å². The second-order valence-corrected chi connectivity index (χ2v) is 1.90. The molecule has 0 spiro atoms. The van der Waals surface area contributed by atoms with E-state index in [1.165, 1.54) is 0 Å². The third kappa shape index (κ3) is 0.352. The predicted octanol–water partition coefficient (Wildman–Crippen LogP) is 0.807. The molecule has 0 N–H and O–H groups in total. The third-order valence-electron chi connectivity index (χ3n) is 0.253. The number of hydrogen-bond donors (Lipinski definition) is 0. The minimum Gasteiger partial charge on any atom is -0.0738 e. The molecule has 1 heteroatoms. The highest BCUT2D eigenvalue weighted by Crippen LogP contribution is 2.04. The fourth-order valence-electron chi connectivity index (χ4n) is 0.0315. The van der Waals surface area contributed by atoms with Crippen molar-refractivity contribution < 1.29 is 0 Å². The number of halogens is 1. The molecule has 0 nitrogen and oxygen atoms in total. The van der Waals surface area contributed by atoms with Crippen molar-refractivity contribution in [2.75, 3.05) is 0 Å². The van der Waals surface area contributed by atoms with E-state index in [4.69, 9.17) is 0 Å². The van der Waals surface area contributed by atoms with Gasteiger partial charge in [0.05, 0.1) is 0 Å². The van der Waals surface area contributed by atoms with E-state index < -0.39 is 0 Å². The zero-order valence-corrected chi connectivity index (χ0v) is 4.11. The van der Waals surface area contributed by atoms with Crippen LogP contribution in [-0.4, -0.2) is 3.92 Å². The first-order valence-electron chi connectivity index (χ1n) is 1.05. The quantitative estimate of drug-likeness (QED) is 0.282. The molecule has 0 aliphatic heterocycles. The summed E-state index contributed by atoms with van der Waals surface area (Å²) in [5.41, 5.74) is 0. The average molecular weight is 164 g/mol. The smallest absolute Gasteiger partial charge is 0.0738 e. The van der Waals surface area contributed by atoms with Gasteiger partial charge in [-0.3, -0.25) is 0 Å². The summed E-state index contributed by atoms with van der Waals surface area (Å²) in [6.07, 6.45) is 0. The molecule has 0 fully saturated rings. The van der Waals surface area contributed by atoms with Crippen molar-refractivity contribution >= 4 is 22.6 Å². The molecule has 0 heterocycles. The average Bonchev–Trinajstić information content (AvgIpc) is 1.75. The molecule has 4 heavy (non-hydrogen) atoms. The Labute approximate surface area is 38.7 Å². The van der Waals surface area contributed by atoms with Gasteiger partial charge in [0.25, 0.3) is 0 Å². The lowest BCUT2D eigenvalue weighted by atomic mass is 10.9. The Balaban J connectivity index is 2.38. The van der Waals surface area contributed by atoms with Gasteiger partial charge in [-0.1, -0.05) is 34.4 Å². The van der Waals surface area contributed by atoms with Crippen LogP contribution >= 0.6 is 22.6 Å². The highest BCUT2D eigenvalue weighted by atomic mass is 127. The van der Waals surface area contributed by atoms with E-state index in [0.717, 1.165) is 0 Å². The summed E-state index contributed by atoms with van der Waals surface area (Å²) in [5, 5.41) is 0. The Bertz CT molecular complexity index is 67.0. The molecule has 1 aliphatic carbocycles. The largest absolute Gasteiger partial charge is 0.132 e. The third-order valence-corrected chi connectivity index (χ3v) is 0.876. The van der Waals surface area contributed by atoms with Crippen LogP contribution in [0.2, 0.25) is 0 Å². The van der Waals surface area contributed by atoms with Crippen LogP contribution in [-0.2, 0) is 0 Å². The van der Waals surface area contributed by atoms with E-state index in [1.54, 1.807) is 0 Å². The normalized spacial score (nSPS) is 18.2. The van der Waals surface area contributed by atoms with E-state index in [1.807, 2.05) is 0 Å².